The molecular formula is C23H39N. The highest BCUT2D eigenvalue weighted by Gasteiger charge is 2.04. The summed E-state index contributed by atoms with van der Waals surface area (Å²) in [5.74, 6) is 1.67. The Kier molecular flexibility index (Phi) is 11.6. The van der Waals surface area contributed by atoms with Gasteiger partial charge in [0.15, 0.2) is 0 Å². The molecule has 0 fully saturated rings. The van der Waals surface area contributed by atoms with E-state index in [9.17, 15) is 0 Å². The van der Waals surface area contributed by atoms with E-state index in [4.69, 9.17) is 0 Å². The van der Waals surface area contributed by atoms with Crippen LogP contribution in [0.15, 0.2) is 36.4 Å². The molecule has 1 aromatic rings. The molecule has 0 N–H and O–H groups in total. The van der Waals surface area contributed by atoms with E-state index in [1.807, 2.05) is 0 Å². The Hall–Kier alpha value is -1.08. The molecule has 0 aliphatic heterocycles. The van der Waals surface area contributed by atoms with Gasteiger partial charge in [0.25, 0.3) is 0 Å². The molecule has 0 saturated heterocycles. The van der Waals surface area contributed by atoms with Crippen molar-refractivity contribution in [2.45, 2.75) is 66.2 Å². The fraction of sp³-hybridized carbons (Fsp3) is 0.652. The van der Waals surface area contributed by atoms with Gasteiger partial charge in [0, 0.05) is 6.54 Å². The summed E-state index contributed by atoms with van der Waals surface area (Å²) >= 11 is 0. The summed E-state index contributed by atoms with van der Waals surface area (Å²) < 4.78 is 0. The van der Waals surface area contributed by atoms with Crippen LogP contribution in [0.2, 0.25) is 0 Å². The molecule has 0 atom stereocenters. The highest BCUT2D eigenvalue weighted by molar-refractivity contribution is 5.48. The second-order valence-electron chi connectivity index (χ2n) is 7.89. The second-order valence-corrected chi connectivity index (χ2v) is 7.89. The first-order chi connectivity index (χ1) is 11.6. The molecule has 0 unspecified atom stereocenters. The second kappa shape index (κ2) is 13.2. The minimum absolute atomic E-state index is 0.836. The maximum Gasteiger partial charge on any atom is 0.0166 e. The summed E-state index contributed by atoms with van der Waals surface area (Å²) in [5, 5.41) is 0. The molecule has 1 heteroatoms. The average Bonchev–Trinajstić information content (AvgIpc) is 2.55. The maximum absolute atomic E-state index is 2.64. The molecule has 0 radical (unpaired) electrons. The van der Waals surface area contributed by atoms with E-state index in [1.54, 1.807) is 0 Å². The van der Waals surface area contributed by atoms with Crippen LogP contribution in [0.4, 0.5) is 0 Å². The van der Waals surface area contributed by atoms with Gasteiger partial charge in [0.05, 0.1) is 0 Å². The van der Waals surface area contributed by atoms with Crippen molar-refractivity contribution in [1.82, 2.24) is 4.90 Å². The average molecular weight is 330 g/mol. The standard InChI is InChI=1S/C23H39N/c1-21(2)13-8-10-18-24(19-11-9-14-22(3)4)20-12-17-23-15-6-5-7-16-23/h5-7,12,15-17,21-22H,8-11,13-14,18-20H2,1-4H3. The summed E-state index contributed by atoms with van der Waals surface area (Å²) in [6.07, 6.45) is 12.7. The van der Waals surface area contributed by atoms with Crippen molar-refractivity contribution in [2.24, 2.45) is 11.8 Å². The fourth-order valence-electron chi connectivity index (χ4n) is 2.97. The predicted octanol–water partition coefficient (Wildman–Crippen LogP) is 6.65. The molecule has 1 aromatic carbocycles. The zero-order valence-electron chi connectivity index (χ0n) is 16.5. The molecule has 0 saturated carbocycles. The van der Waals surface area contributed by atoms with E-state index in [2.05, 4.69) is 75.1 Å². The van der Waals surface area contributed by atoms with Gasteiger partial charge in [-0.15, -0.1) is 0 Å². The summed E-state index contributed by atoms with van der Waals surface area (Å²) in [6.45, 7) is 12.9. The van der Waals surface area contributed by atoms with Crippen LogP contribution >= 0.6 is 0 Å². The largest absolute Gasteiger partial charge is 0.300 e. The first-order valence-corrected chi connectivity index (χ1v) is 10.0. The van der Waals surface area contributed by atoms with Gasteiger partial charge in [-0.3, -0.25) is 4.90 Å². The van der Waals surface area contributed by atoms with Crippen molar-refractivity contribution >= 4 is 6.08 Å². The van der Waals surface area contributed by atoms with Crippen LogP contribution in [0.5, 0.6) is 0 Å². The van der Waals surface area contributed by atoms with Crippen LogP contribution < -0.4 is 0 Å². The van der Waals surface area contributed by atoms with Crippen molar-refractivity contribution < 1.29 is 0 Å². The van der Waals surface area contributed by atoms with E-state index in [1.165, 1.54) is 57.2 Å². The zero-order chi connectivity index (χ0) is 17.6. The predicted molar refractivity (Wildman–Crippen MR) is 109 cm³/mol. The minimum atomic E-state index is 0.836. The van der Waals surface area contributed by atoms with E-state index in [0.29, 0.717) is 0 Å². The Balaban J connectivity index is 2.36. The molecule has 24 heavy (non-hydrogen) atoms. The van der Waals surface area contributed by atoms with E-state index < -0.39 is 0 Å². The molecule has 0 spiro atoms. The Morgan fingerprint density at radius 3 is 1.83 bits per heavy atom. The number of nitrogens with zero attached hydrogens (tertiary/aromatic N) is 1. The summed E-state index contributed by atoms with van der Waals surface area (Å²) in [4.78, 5) is 2.64. The third kappa shape index (κ3) is 11.5. The van der Waals surface area contributed by atoms with Crippen LogP contribution in [-0.2, 0) is 0 Å². The van der Waals surface area contributed by atoms with Gasteiger partial charge in [0.2, 0.25) is 0 Å². The minimum Gasteiger partial charge on any atom is -0.300 e. The van der Waals surface area contributed by atoms with Crippen molar-refractivity contribution in [3.63, 3.8) is 0 Å². The molecule has 0 bridgehead atoms. The molecule has 0 aliphatic rings. The first-order valence-electron chi connectivity index (χ1n) is 10.0. The Labute approximate surface area is 151 Å². The molecule has 0 aliphatic carbocycles. The number of hydrogen-bond acceptors (Lipinski definition) is 1. The quantitative estimate of drug-likeness (QED) is 0.366. The molecular weight excluding hydrogens is 290 g/mol. The smallest absolute Gasteiger partial charge is 0.0166 e. The van der Waals surface area contributed by atoms with E-state index in [0.717, 1.165) is 18.4 Å². The van der Waals surface area contributed by atoms with Crippen LogP contribution in [0, 0.1) is 11.8 Å². The monoisotopic (exact) mass is 329 g/mol. The lowest BCUT2D eigenvalue weighted by Gasteiger charge is -2.21. The Morgan fingerprint density at radius 1 is 0.792 bits per heavy atom. The maximum atomic E-state index is 2.64. The summed E-state index contributed by atoms with van der Waals surface area (Å²) in [6, 6.07) is 10.6. The topological polar surface area (TPSA) is 3.24 Å². The molecule has 0 heterocycles. The molecule has 1 rings (SSSR count). The third-order valence-electron chi connectivity index (χ3n) is 4.49. The molecule has 0 aromatic heterocycles. The van der Waals surface area contributed by atoms with Gasteiger partial charge in [-0.1, -0.05) is 95.9 Å². The number of benzene rings is 1. The van der Waals surface area contributed by atoms with Gasteiger partial charge < -0.3 is 0 Å². The van der Waals surface area contributed by atoms with Gasteiger partial charge in [-0.2, -0.15) is 0 Å². The molecule has 0 amide bonds. The number of hydrogen-bond donors (Lipinski definition) is 0. The van der Waals surface area contributed by atoms with E-state index in [-0.39, 0.29) is 0 Å². The highest BCUT2D eigenvalue weighted by atomic mass is 15.1. The normalized spacial score (nSPS) is 12.1. The van der Waals surface area contributed by atoms with Crippen molar-refractivity contribution in [2.75, 3.05) is 19.6 Å². The van der Waals surface area contributed by atoms with Crippen molar-refractivity contribution in [1.29, 1.82) is 0 Å². The van der Waals surface area contributed by atoms with Gasteiger partial charge >= 0.3 is 0 Å². The van der Waals surface area contributed by atoms with Crippen LogP contribution in [0.1, 0.15) is 71.8 Å². The third-order valence-corrected chi connectivity index (χ3v) is 4.49. The summed E-state index contributed by atoms with van der Waals surface area (Å²) in [7, 11) is 0. The van der Waals surface area contributed by atoms with Crippen LogP contribution in [0.25, 0.3) is 6.08 Å². The van der Waals surface area contributed by atoms with Gasteiger partial charge in [-0.05, 0) is 43.3 Å². The van der Waals surface area contributed by atoms with Gasteiger partial charge in [-0.25, -0.2) is 0 Å². The Morgan fingerprint density at radius 2 is 1.33 bits per heavy atom. The van der Waals surface area contributed by atoms with E-state index >= 15 is 0 Å². The summed E-state index contributed by atoms with van der Waals surface area (Å²) in [5.41, 5.74) is 1.30. The number of rotatable bonds is 13. The lowest BCUT2D eigenvalue weighted by atomic mass is 10.1. The number of unbranched alkanes of at least 4 members (excludes halogenated alkanes) is 2. The van der Waals surface area contributed by atoms with Crippen LogP contribution in [-0.4, -0.2) is 24.5 Å². The molecule has 1 nitrogen and oxygen atoms in total. The Bertz CT molecular complexity index is 403. The lowest BCUT2D eigenvalue weighted by Crippen LogP contribution is -2.26. The van der Waals surface area contributed by atoms with Crippen LogP contribution in [0.3, 0.4) is 0 Å². The first kappa shape index (κ1) is 21.0. The highest BCUT2D eigenvalue weighted by Crippen LogP contribution is 2.10. The lowest BCUT2D eigenvalue weighted by molar-refractivity contribution is 0.283. The van der Waals surface area contributed by atoms with Crippen molar-refractivity contribution in [3.8, 4) is 0 Å². The van der Waals surface area contributed by atoms with Crippen molar-refractivity contribution in [3.05, 3.63) is 42.0 Å². The van der Waals surface area contributed by atoms with Gasteiger partial charge in [0.1, 0.15) is 0 Å². The zero-order valence-corrected chi connectivity index (χ0v) is 16.5. The molecule has 136 valence electrons. The SMILES string of the molecule is CC(C)CCCCN(CC=Cc1ccccc1)CCCCC(C)C. The fourth-order valence-corrected chi connectivity index (χ4v) is 2.97.